The molecule has 0 amide bonds. The Hall–Kier alpha value is -1.69. The van der Waals surface area contributed by atoms with Crippen molar-refractivity contribution in [1.29, 1.82) is 0 Å². The molecule has 31 heavy (non-hydrogen) atoms. The van der Waals surface area contributed by atoms with E-state index in [1.165, 1.54) is 5.69 Å². The molecule has 2 heterocycles. The van der Waals surface area contributed by atoms with Crippen LogP contribution in [0.3, 0.4) is 0 Å². The fourth-order valence-electron chi connectivity index (χ4n) is 3.39. The van der Waals surface area contributed by atoms with E-state index in [0.717, 1.165) is 68.3 Å². The maximum absolute atomic E-state index is 5.27. The Bertz CT molecular complexity index is 820. The molecule has 10 heteroatoms. The number of anilines is 1. The average Bonchev–Trinajstić information content (AvgIpc) is 3.11. The predicted molar refractivity (Wildman–Crippen MR) is 140 cm³/mol. The lowest BCUT2D eigenvalue weighted by atomic mass is 10.2. The fourth-order valence-corrected chi connectivity index (χ4v) is 3.82. The van der Waals surface area contributed by atoms with Crippen molar-refractivity contribution in [2.45, 2.75) is 19.9 Å². The molecule has 3 rings (SSSR count). The summed E-state index contributed by atoms with van der Waals surface area (Å²) >= 11 is 1.87. The zero-order valence-electron chi connectivity index (χ0n) is 18.9. The van der Waals surface area contributed by atoms with Crippen molar-refractivity contribution in [1.82, 2.24) is 25.0 Å². The highest BCUT2D eigenvalue weighted by atomic mass is 127. The molecular formula is C21H34IN7OS. The summed E-state index contributed by atoms with van der Waals surface area (Å²) in [6.45, 7) is 7.19. The Morgan fingerprint density at radius 3 is 2.45 bits per heavy atom. The molecular weight excluding hydrogens is 525 g/mol. The summed E-state index contributed by atoms with van der Waals surface area (Å²) < 4.78 is 7.27. The topological polar surface area (TPSA) is 70.8 Å². The van der Waals surface area contributed by atoms with Gasteiger partial charge in [-0.1, -0.05) is 0 Å². The number of benzene rings is 1. The van der Waals surface area contributed by atoms with E-state index in [4.69, 9.17) is 9.73 Å². The van der Waals surface area contributed by atoms with Crippen LogP contribution in [0.2, 0.25) is 0 Å². The molecule has 1 aliphatic heterocycles. The summed E-state index contributed by atoms with van der Waals surface area (Å²) in [6.07, 6.45) is 3.26. The first kappa shape index (κ1) is 25.6. The van der Waals surface area contributed by atoms with Crippen molar-refractivity contribution in [2.24, 2.45) is 12.0 Å². The van der Waals surface area contributed by atoms with E-state index >= 15 is 0 Å². The molecule has 0 spiro atoms. The number of methoxy groups -OCH3 is 1. The predicted octanol–water partition coefficient (Wildman–Crippen LogP) is 2.77. The molecule has 1 fully saturated rings. The van der Waals surface area contributed by atoms with Crippen LogP contribution in [-0.2, 0) is 13.6 Å². The maximum atomic E-state index is 5.27. The van der Waals surface area contributed by atoms with E-state index < -0.39 is 0 Å². The normalized spacial score (nSPS) is 14.4. The third-order valence-electron chi connectivity index (χ3n) is 5.38. The van der Waals surface area contributed by atoms with Gasteiger partial charge in [-0.2, -0.15) is 11.8 Å². The van der Waals surface area contributed by atoms with Gasteiger partial charge >= 0.3 is 0 Å². The van der Waals surface area contributed by atoms with Crippen molar-refractivity contribution in [3.8, 4) is 5.75 Å². The number of nitrogens with zero attached hydrogens (tertiary/aromatic N) is 6. The molecule has 0 atom stereocenters. The van der Waals surface area contributed by atoms with Crippen LogP contribution in [0.25, 0.3) is 0 Å². The molecule has 0 unspecified atom stereocenters. The summed E-state index contributed by atoms with van der Waals surface area (Å²) in [6, 6.07) is 8.29. The number of piperazine rings is 1. The molecule has 1 aliphatic rings. The molecule has 0 bridgehead atoms. The summed E-state index contributed by atoms with van der Waals surface area (Å²) in [5.41, 5.74) is 1.23. The first-order valence-corrected chi connectivity index (χ1v) is 11.8. The van der Waals surface area contributed by atoms with Gasteiger partial charge in [-0.25, -0.2) is 4.99 Å². The molecule has 1 N–H and O–H groups in total. The third-order valence-corrected chi connectivity index (χ3v) is 6.08. The number of aliphatic imine (C=N–C) groups is 1. The van der Waals surface area contributed by atoms with Crippen molar-refractivity contribution in [2.75, 3.05) is 56.7 Å². The van der Waals surface area contributed by atoms with E-state index in [-0.39, 0.29) is 24.0 Å². The third kappa shape index (κ3) is 7.16. The highest BCUT2D eigenvalue weighted by Gasteiger charge is 2.20. The van der Waals surface area contributed by atoms with Gasteiger partial charge in [0.2, 0.25) is 0 Å². The van der Waals surface area contributed by atoms with Crippen LogP contribution in [0.5, 0.6) is 5.75 Å². The second-order valence-corrected chi connectivity index (χ2v) is 8.29. The van der Waals surface area contributed by atoms with Gasteiger partial charge in [0.05, 0.1) is 7.11 Å². The summed E-state index contributed by atoms with van der Waals surface area (Å²) in [4.78, 5) is 9.64. The molecule has 1 aromatic heterocycles. The fraction of sp³-hybridized carbons (Fsp3) is 0.571. The van der Waals surface area contributed by atoms with Gasteiger partial charge in [0, 0.05) is 45.5 Å². The molecule has 8 nitrogen and oxygen atoms in total. The number of ether oxygens (including phenoxy) is 1. The number of thioether (sulfide) groups is 1. The van der Waals surface area contributed by atoms with Crippen LogP contribution in [0.4, 0.5) is 5.69 Å². The lowest BCUT2D eigenvalue weighted by Crippen LogP contribution is -2.52. The van der Waals surface area contributed by atoms with E-state index in [1.54, 1.807) is 7.11 Å². The maximum Gasteiger partial charge on any atom is 0.194 e. The van der Waals surface area contributed by atoms with E-state index in [0.29, 0.717) is 6.54 Å². The van der Waals surface area contributed by atoms with Crippen molar-refractivity contribution in [3.63, 3.8) is 0 Å². The van der Waals surface area contributed by atoms with Crippen molar-refractivity contribution < 1.29 is 4.74 Å². The average molecular weight is 560 g/mol. The number of rotatable bonds is 8. The van der Waals surface area contributed by atoms with Crippen LogP contribution in [-0.4, -0.2) is 77.5 Å². The number of aryl methyl sites for hydroxylation is 1. The Kier molecular flexibility index (Phi) is 10.7. The number of guanidine groups is 1. The zero-order chi connectivity index (χ0) is 21.3. The van der Waals surface area contributed by atoms with Crippen LogP contribution >= 0.6 is 35.7 Å². The first-order chi connectivity index (χ1) is 14.6. The zero-order valence-corrected chi connectivity index (χ0v) is 22.0. The number of aromatic nitrogens is 3. The van der Waals surface area contributed by atoms with Gasteiger partial charge in [-0.3, -0.25) is 0 Å². The van der Waals surface area contributed by atoms with Gasteiger partial charge in [-0.05, 0) is 49.6 Å². The quantitative estimate of drug-likeness (QED) is 0.231. The van der Waals surface area contributed by atoms with E-state index in [9.17, 15) is 0 Å². The summed E-state index contributed by atoms with van der Waals surface area (Å²) in [5.74, 6) is 4.79. The molecule has 0 aliphatic carbocycles. The molecule has 172 valence electrons. The van der Waals surface area contributed by atoms with Gasteiger partial charge in [0.15, 0.2) is 11.8 Å². The monoisotopic (exact) mass is 559 g/mol. The molecule has 0 saturated carbocycles. The summed E-state index contributed by atoms with van der Waals surface area (Å²) in [5, 5.41) is 11.9. The Labute approximate surface area is 206 Å². The first-order valence-electron chi connectivity index (χ1n) is 10.4. The van der Waals surface area contributed by atoms with E-state index in [1.807, 2.05) is 42.4 Å². The van der Waals surface area contributed by atoms with Gasteiger partial charge in [0.1, 0.15) is 18.1 Å². The van der Waals surface area contributed by atoms with Gasteiger partial charge < -0.3 is 24.4 Å². The number of nitrogens with one attached hydrogen (secondary N) is 1. The van der Waals surface area contributed by atoms with Crippen LogP contribution in [0.15, 0.2) is 29.3 Å². The minimum atomic E-state index is 0. The molecule has 1 saturated heterocycles. The highest BCUT2D eigenvalue weighted by Crippen LogP contribution is 2.20. The van der Waals surface area contributed by atoms with Crippen molar-refractivity contribution in [3.05, 3.63) is 35.9 Å². The number of halogens is 1. The second-order valence-electron chi connectivity index (χ2n) is 7.31. The number of hydrogen-bond donors (Lipinski definition) is 1. The minimum Gasteiger partial charge on any atom is -0.497 e. The lowest BCUT2D eigenvalue weighted by Gasteiger charge is -2.37. The minimum absolute atomic E-state index is 0. The van der Waals surface area contributed by atoms with Crippen molar-refractivity contribution >= 4 is 47.4 Å². The molecule has 0 radical (unpaired) electrons. The lowest BCUT2D eigenvalue weighted by molar-refractivity contribution is 0.371. The van der Waals surface area contributed by atoms with Gasteiger partial charge in [0.25, 0.3) is 0 Å². The van der Waals surface area contributed by atoms with Gasteiger partial charge in [-0.15, -0.1) is 34.2 Å². The standard InChI is InChI=1S/C21H33N7OS.HI/c1-17-24-25-20(26(17)2)16-23-21(22-10-5-15-30-4)28-13-11-27(12-14-28)18-6-8-19(29-3)9-7-18;/h6-9H,5,10-16H2,1-4H3,(H,22,23);1H. The smallest absolute Gasteiger partial charge is 0.194 e. The van der Waals surface area contributed by atoms with E-state index in [2.05, 4.69) is 43.7 Å². The van der Waals surface area contributed by atoms with Crippen LogP contribution < -0.4 is 15.0 Å². The summed E-state index contributed by atoms with van der Waals surface area (Å²) in [7, 11) is 3.68. The van der Waals surface area contributed by atoms with Crippen LogP contribution in [0.1, 0.15) is 18.1 Å². The Morgan fingerprint density at radius 2 is 1.87 bits per heavy atom. The number of hydrogen-bond acceptors (Lipinski definition) is 6. The highest BCUT2D eigenvalue weighted by molar-refractivity contribution is 14.0. The molecule has 1 aromatic carbocycles. The van der Waals surface area contributed by atoms with Crippen LogP contribution in [0, 0.1) is 6.92 Å². The largest absolute Gasteiger partial charge is 0.497 e. The second kappa shape index (κ2) is 13.0. The molecule has 2 aromatic rings. The Balaban J connectivity index is 0.00000341. The Morgan fingerprint density at radius 1 is 1.16 bits per heavy atom. The SMILES string of the molecule is COc1ccc(N2CCN(C(=NCc3nnc(C)n3C)NCCCSC)CC2)cc1.I.